The minimum absolute atomic E-state index is 0.0286. The second-order valence-electron chi connectivity index (χ2n) is 21.5. The lowest BCUT2D eigenvalue weighted by Crippen LogP contribution is -2.56. The highest BCUT2D eigenvalue weighted by Crippen LogP contribution is 2.47. The van der Waals surface area contributed by atoms with Crippen molar-refractivity contribution in [2.75, 3.05) is 40.5 Å². The summed E-state index contributed by atoms with van der Waals surface area (Å²) in [6, 6.07) is -3.51. The highest BCUT2D eigenvalue weighted by molar-refractivity contribution is 5.98. The highest BCUT2D eigenvalue weighted by Gasteiger charge is 2.63. The molecule has 21 heteroatoms. The van der Waals surface area contributed by atoms with Crippen molar-refractivity contribution < 1.29 is 72.3 Å². The van der Waals surface area contributed by atoms with Crippen molar-refractivity contribution in [3.05, 3.63) is 24.3 Å². The first-order chi connectivity index (χ1) is 34.5. The summed E-state index contributed by atoms with van der Waals surface area (Å²) in [5, 5.41) is 28.5. The van der Waals surface area contributed by atoms with E-state index in [2.05, 4.69) is 21.3 Å². The van der Waals surface area contributed by atoms with Gasteiger partial charge in [-0.2, -0.15) is 0 Å². The lowest BCUT2D eigenvalue weighted by atomic mass is 10.0. The molecule has 0 aromatic rings. The van der Waals surface area contributed by atoms with Crippen LogP contribution in [0.15, 0.2) is 24.3 Å². The maximum atomic E-state index is 13.7. The summed E-state index contributed by atoms with van der Waals surface area (Å²) in [4.78, 5) is 107. The molecule has 10 atom stereocenters. The van der Waals surface area contributed by atoms with Gasteiger partial charge >= 0.3 is 24.1 Å². The van der Waals surface area contributed by atoms with Gasteiger partial charge in [-0.3, -0.25) is 19.2 Å². The molecule has 0 aromatic carbocycles. The van der Waals surface area contributed by atoms with E-state index in [4.69, 9.17) is 28.8 Å². The Morgan fingerprint density at radius 1 is 0.658 bits per heavy atom. The van der Waals surface area contributed by atoms with Crippen LogP contribution in [-0.2, 0) is 52.5 Å². The van der Waals surface area contributed by atoms with E-state index < -0.39 is 94.4 Å². The van der Waals surface area contributed by atoms with E-state index in [0.717, 1.165) is 52.1 Å². The van der Waals surface area contributed by atoms with Gasteiger partial charge in [-0.15, -0.1) is 0 Å². The number of fused-ring (bicyclic) bond motifs is 4. The molecule has 0 radical (unpaired) electrons. The fraction of sp³-hybridized carbons (Fsp3) is 0.769. The van der Waals surface area contributed by atoms with Crippen molar-refractivity contribution in [1.29, 1.82) is 0 Å². The van der Waals surface area contributed by atoms with Crippen molar-refractivity contribution in [1.82, 2.24) is 31.1 Å². The summed E-state index contributed by atoms with van der Waals surface area (Å²) in [7, 11) is 2.54. The average molecular weight is 1030 g/mol. The van der Waals surface area contributed by atoms with Crippen LogP contribution < -0.4 is 21.3 Å². The monoisotopic (exact) mass is 1030 g/mol. The third-order valence-corrected chi connectivity index (χ3v) is 13.5. The van der Waals surface area contributed by atoms with Crippen LogP contribution in [0.2, 0.25) is 0 Å². The zero-order chi connectivity index (χ0) is 54.3. The van der Waals surface area contributed by atoms with E-state index in [1.54, 1.807) is 55.4 Å². The molecule has 0 unspecified atom stereocenters. The zero-order valence-electron chi connectivity index (χ0n) is 44.8. The van der Waals surface area contributed by atoms with Crippen LogP contribution in [0.25, 0.3) is 0 Å². The Labute approximate surface area is 430 Å². The molecule has 6 N–H and O–H groups in total. The molecule has 4 aliphatic heterocycles. The molecular weight excluding hydrogens is 949 g/mol. The third-order valence-electron chi connectivity index (χ3n) is 13.5. The number of amides is 6. The first kappa shape index (κ1) is 60.3. The number of aliphatic hydroxyl groups is 2. The van der Waals surface area contributed by atoms with Gasteiger partial charge in [-0.25, -0.2) is 19.2 Å². The number of esters is 2. The average Bonchev–Trinajstić information content (AvgIpc) is 4.07. The number of rotatable bonds is 7. The number of hydrogen-bond acceptors (Lipinski definition) is 15. The largest absolute Gasteiger partial charge is 0.464 e. The van der Waals surface area contributed by atoms with Gasteiger partial charge in [0.15, 0.2) is 0 Å². The van der Waals surface area contributed by atoms with Gasteiger partial charge in [-0.05, 0) is 107 Å². The number of carbonyl (C=O) groups is 8. The molecule has 412 valence electrons. The van der Waals surface area contributed by atoms with E-state index in [-0.39, 0.29) is 56.6 Å². The smallest absolute Gasteiger partial charge is 0.408 e. The minimum atomic E-state index is -1.15. The van der Waals surface area contributed by atoms with Gasteiger partial charge in [-0.1, -0.05) is 50.0 Å². The number of alkyl carbamates (subject to hydrolysis) is 2. The van der Waals surface area contributed by atoms with Gasteiger partial charge in [0.25, 0.3) is 0 Å². The molecule has 4 heterocycles. The van der Waals surface area contributed by atoms with Gasteiger partial charge in [0.2, 0.25) is 23.6 Å². The quantitative estimate of drug-likeness (QED) is 0.120. The molecule has 21 nitrogen and oxygen atoms in total. The van der Waals surface area contributed by atoms with Crippen LogP contribution >= 0.6 is 0 Å². The van der Waals surface area contributed by atoms with Gasteiger partial charge in [0, 0.05) is 52.0 Å². The zero-order valence-corrected chi connectivity index (χ0v) is 44.8. The molecule has 6 rings (SSSR count). The van der Waals surface area contributed by atoms with Gasteiger partial charge in [0.05, 0.1) is 25.4 Å². The maximum absolute atomic E-state index is 13.7. The predicted octanol–water partition coefficient (Wildman–Crippen LogP) is 3.86. The number of hydrogen-bond donors (Lipinski definition) is 6. The molecule has 73 heavy (non-hydrogen) atoms. The van der Waals surface area contributed by atoms with E-state index in [0.29, 0.717) is 38.5 Å². The molecule has 0 aromatic heterocycles. The van der Waals surface area contributed by atoms with Crippen LogP contribution in [0, 0.1) is 11.8 Å². The number of nitrogens with one attached hydrogen (secondary N) is 4. The van der Waals surface area contributed by atoms with Crippen molar-refractivity contribution in [3.8, 4) is 0 Å². The van der Waals surface area contributed by atoms with Gasteiger partial charge < -0.3 is 65.0 Å². The number of allylic oxidation sites excluding steroid dienone is 2. The van der Waals surface area contributed by atoms with Crippen molar-refractivity contribution >= 4 is 47.8 Å². The molecule has 2 saturated carbocycles. The topological polar surface area (TPSA) is 278 Å². The third kappa shape index (κ3) is 16.9. The Morgan fingerprint density at radius 2 is 1.07 bits per heavy atom. The summed E-state index contributed by atoms with van der Waals surface area (Å²) < 4.78 is 26.7. The Hall–Kier alpha value is -5.28. The summed E-state index contributed by atoms with van der Waals surface area (Å²) in [6.07, 6.45) is 14.0. The van der Waals surface area contributed by atoms with Crippen LogP contribution in [0.5, 0.6) is 0 Å². The molecular formula is C52H84N6O15. The van der Waals surface area contributed by atoms with Gasteiger partial charge in [0.1, 0.15) is 46.4 Å². The Morgan fingerprint density at radius 3 is 1.47 bits per heavy atom. The number of carbonyl (C=O) groups excluding carboxylic acids is 8. The predicted molar refractivity (Wildman–Crippen MR) is 267 cm³/mol. The lowest BCUT2D eigenvalue weighted by Gasteiger charge is -2.30. The van der Waals surface area contributed by atoms with E-state index in [1.165, 1.54) is 16.9 Å². The van der Waals surface area contributed by atoms with E-state index in [9.17, 15) is 43.5 Å². The number of nitrogens with zero attached hydrogens (tertiary/aromatic N) is 2. The summed E-state index contributed by atoms with van der Waals surface area (Å²) in [5.74, 6) is -3.00. The number of methoxy groups -OCH3 is 1. The van der Waals surface area contributed by atoms with Crippen LogP contribution in [0.3, 0.4) is 0 Å². The SMILES string of the molecule is CCOC(=O)[C@@]12C[C@H]1/C=C\CCCCC[C@H](NC(=O)OC(C)(C)C)C(=O)N1C[C@@H](O)C[C@H]1C(=O)N2.CCOC(=O)[C@@]12C[C@H]1/C=C\CCCCC[C@H](NC(=O)OC(C)(C)C)C(=O)N1C[C@H](OC)C[C@H]1C(=O)N2.CO. The van der Waals surface area contributed by atoms with E-state index >= 15 is 0 Å². The normalized spacial score (nSPS) is 31.7. The summed E-state index contributed by atoms with van der Waals surface area (Å²) in [5.41, 5.74) is -3.70. The number of aliphatic hydroxyl groups excluding tert-OH is 2. The van der Waals surface area contributed by atoms with Crippen molar-refractivity contribution in [2.24, 2.45) is 11.8 Å². The summed E-state index contributed by atoms with van der Waals surface area (Å²) >= 11 is 0. The Kier molecular flexibility index (Phi) is 22.1. The maximum Gasteiger partial charge on any atom is 0.408 e. The second-order valence-corrected chi connectivity index (χ2v) is 21.5. The molecule has 0 bridgehead atoms. The standard InChI is InChI=1S/C26H41N3O7.C25H39N3O7.CH4O/c1-6-35-23(32)26-15-17(26)12-10-8-7-9-11-13-19(27-24(33)36-25(2,3)4)22(31)29-16-18(34-5)14-20(29)21(30)28-26;1-5-34-22(32)25-14-16(25)11-9-7-6-8-10-12-18(26-23(33)35-24(2,3)4)21(31)28-15-17(29)13-19(28)20(30)27-25;1-2/h10,12,17-20H,6-9,11,13-16H2,1-5H3,(H,27,33)(H,28,30);9,11,16-19,29H,5-8,10,12-15H2,1-4H3,(H,26,33)(H,27,30);2H,1H3/b12-10-;11-9-;/t17-,18-,19+,20+,26-;16-,17+,18+,19+,25-;/m11./s1. The first-order valence-corrected chi connectivity index (χ1v) is 26.0. The van der Waals surface area contributed by atoms with Crippen LogP contribution in [0.4, 0.5) is 9.59 Å². The Bertz CT molecular complexity index is 2000. The summed E-state index contributed by atoms with van der Waals surface area (Å²) in [6.45, 7) is 14.5. The molecule has 6 amide bonds. The first-order valence-electron chi connectivity index (χ1n) is 26.0. The fourth-order valence-corrected chi connectivity index (χ4v) is 9.70. The Balaban J connectivity index is 0.000000306. The molecule has 0 spiro atoms. The molecule has 2 aliphatic carbocycles. The fourth-order valence-electron chi connectivity index (χ4n) is 9.70. The minimum Gasteiger partial charge on any atom is -0.464 e. The molecule has 2 saturated heterocycles. The van der Waals surface area contributed by atoms with Crippen molar-refractivity contribution in [3.63, 3.8) is 0 Å². The van der Waals surface area contributed by atoms with Crippen LogP contribution in [-0.4, -0.2) is 167 Å². The van der Waals surface area contributed by atoms with Crippen LogP contribution in [0.1, 0.15) is 145 Å². The molecule has 4 fully saturated rings. The van der Waals surface area contributed by atoms with Crippen molar-refractivity contribution in [2.45, 2.75) is 204 Å². The van der Waals surface area contributed by atoms with E-state index in [1.807, 2.05) is 24.3 Å². The second kappa shape index (κ2) is 26.8. The highest BCUT2D eigenvalue weighted by atomic mass is 16.6. The molecule has 6 aliphatic rings. The number of ether oxygens (including phenoxy) is 5. The lowest BCUT2D eigenvalue weighted by molar-refractivity contribution is -0.150.